The van der Waals surface area contributed by atoms with Gasteiger partial charge in [0.25, 0.3) is 5.91 Å². The standard InChI is InChI=1S/C19H23ClN2O4S/c1-2-21-9-11-22(12-10-21)19(23)18-8-7-16(26-18)14-27(24,25)13-15-5-3-4-6-17(15)20/h3-8H,2,9-14H2,1H3. The fourth-order valence-corrected chi connectivity index (χ4v) is 4.81. The Balaban J connectivity index is 1.63. The monoisotopic (exact) mass is 410 g/mol. The van der Waals surface area contributed by atoms with Crippen LogP contribution >= 0.6 is 11.6 Å². The van der Waals surface area contributed by atoms with Crippen LogP contribution < -0.4 is 0 Å². The fourth-order valence-electron chi connectivity index (χ4n) is 3.11. The molecule has 0 N–H and O–H groups in total. The summed E-state index contributed by atoms with van der Waals surface area (Å²) in [4.78, 5) is 16.6. The molecule has 2 aromatic rings. The van der Waals surface area contributed by atoms with Crippen LogP contribution in [-0.4, -0.2) is 56.8 Å². The molecule has 0 spiro atoms. The zero-order valence-electron chi connectivity index (χ0n) is 15.2. The van der Waals surface area contributed by atoms with Crippen LogP contribution in [0.15, 0.2) is 40.8 Å². The summed E-state index contributed by atoms with van der Waals surface area (Å²) in [6, 6.07) is 9.96. The average molecular weight is 411 g/mol. The molecule has 1 aliphatic heterocycles. The third-order valence-electron chi connectivity index (χ3n) is 4.67. The number of piperazine rings is 1. The molecule has 146 valence electrons. The number of furan rings is 1. The summed E-state index contributed by atoms with van der Waals surface area (Å²) in [5, 5.41) is 0.419. The SMILES string of the molecule is CCN1CCN(C(=O)c2ccc(CS(=O)(=O)Cc3ccccc3Cl)o2)CC1. The first-order valence-electron chi connectivity index (χ1n) is 8.92. The van der Waals surface area contributed by atoms with E-state index in [1.54, 1.807) is 41.3 Å². The number of likely N-dealkylation sites (N-methyl/N-ethyl adjacent to an activating group) is 1. The highest BCUT2D eigenvalue weighted by atomic mass is 35.5. The van der Waals surface area contributed by atoms with E-state index in [4.69, 9.17) is 16.0 Å². The van der Waals surface area contributed by atoms with Gasteiger partial charge in [-0.3, -0.25) is 4.79 Å². The van der Waals surface area contributed by atoms with Gasteiger partial charge in [-0.05, 0) is 30.3 Å². The van der Waals surface area contributed by atoms with Crippen molar-refractivity contribution in [3.63, 3.8) is 0 Å². The van der Waals surface area contributed by atoms with Crippen molar-refractivity contribution < 1.29 is 17.6 Å². The highest BCUT2D eigenvalue weighted by molar-refractivity contribution is 7.89. The summed E-state index contributed by atoms with van der Waals surface area (Å²) >= 11 is 6.04. The minimum Gasteiger partial charge on any atom is -0.455 e. The number of halogens is 1. The molecule has 8 heteroatoms. The van der Waals surface area contributed by atoms with E-state index < -0.39 is 9.84 Å². The van der Waals surface area contributed by atoms with Gasteiger partial charge in [-0.1, -0.05) is 36.7 Å². The maximum atomic E-state index is 12.6. The van der Waals surface area contributed by atoms with E-state index in [2.05, 4.69) is 11.8 Å². The fraction of sp³-hybridized carbons (Fsp3) is 0.421. The zero-order valence-corrected chi connectivity index (χ0v) is 16.8. The van der Waals surface area contributed by atoms with Gasteiger partial charge in [0, 0.05) is 31.2 Å². The average Bonchev–Trinajstić information content (AvgIpc) is 3.10. The third-order valence-corrected chi connectivity index (χ3v) is 6.52. The second-order valence-electron chi connectivity index (χ2n) is 6.62. The quantitative estimate of drug-likeness (QED) is 0.732. The molecule has 3 rings (SSSR count). The molecule has 1 amide bonds. The summed E-state index contributed by atoms with van der Waals surface area (Å²) in [7, 11) is -3.47. The number of amides is 1. The van der Waals surface area contributed by atoms with Crippen LogP contribution in [0.2, 0.25) is 5.02 Å². The molecule has 1 saturated heterocycles. The number of rotatable bonds is 6. The Morgan fingerprint density at radius 2 is 1.78 bits per heavy atom. The van der Waals surface area contributed by atoms with Gasteiger partial charge in [0.1, 0.15) is 11.5 Å². The van der Waals surface area contributed by atoms with E-state index in [1.165, 1.54) is 0 Å². The predicted octanol–water partition coefficient (Wildman–Crippen LogP) is 2.83. The van der Waals surface area contributed by atoms with Crippen LogP contribution in [0.25, 0.3) is 0 Å². The maximum absolute atomic E-state index is 12.6. The van der Waals surface area contributed by atoms with Crippen molar-refractivity contribution in [3.05, 3.63) is 58.5 Å². The molecule has 2 heterocycles. The Labute approximate surface area is 164 Å². The molecule has 1 aromatic carbocycles. The first-order valence-corrected chi connectivity index (χ1v) is 11.1. The van der Waals surface area contributed by atoms with Gasteiger partial charge in [-0.2, -0.15) is 0 Å². The molecule has 0 aliphatic carbocycles. The van der Waals surface area contributed by atoms with E-state index >= 15 is 0 Å². The second kappa shape index (κ2) is 8.46. The number of carbonyl (C=O) groups excluding carboxylic acids is 1. The third kappa shape index (κ3) is 5.12. The number of carbonyl (C=O) groups is 1. The van der Waals surface area contributed by atoms with Crippen molar-refractivity contribution >= 4 is 27.3 Å². The van der Waals surface area contributed by atoms with Crippen LogP contribution in [-0.2, 0) is 21.3 Å². The Morgan fingerprint density at radius 3 is 2.44 bits per heavy atom. The lowest BCUT2D eigenvalue weighted by atomic mass is 10.2. The van der Waals surface area contributed by atoms with Crippen LogP contribution in [0.5, 0.6) is 0 Å². The van der Waals surface area contributed by atoms with Crippen molar-refractivity contribution in [3.8, 4) is 0 Å². The van der Waals surface area contributed by atoms with Gasteiger partial charge in [0.05, 0.1) is 5.75 Å². The molecule has 0 radical (unpaired) electrons. The predicted molar refractivity (Wildman–Crippen MR) is 105 cm³/mol. The number of sulfone groups is 1. The lowest BCUT2D eigenvalue weighted by Gasteiger charge is -2.33. The summed E-state index contributed by atoms with van der Waals surface area (Å²) < 4.78 is 30.4. The van der Waals surface area contributed by atoms with Crippen LogP contribution in [0, 0.1) is 0 Å². The Hall–Kier alpha value is -1.83. The lowest BCUT2D eigenvalue weighted by molar-refractivity contribution is 0.0611. The lowest BCUT2D eigenvalue weighted by Crippen LogP contribution is -2.48. The molecule has 0 unspecified atom stereocenters. The van der Waals surface area contributed by atoms with Gasteiger partial charge in [-0.15, -0.1) is 0 Å². The largest absolute Gasteiger partial charge is 0.455 e. The van der Waals surface area contributed by atoms with Crippen molar-refractivity contribution in [1.82, 2.24) is 9.80 Å². The molecule has 27 heavy (non-hydrogen) atoms. The number of nitrogens with zero attached hydrogens (tertiary/aromatic N) is 2. The Morgan fingerprint density at radius 1 is 1.07 bits per heavy atom. The molecule has 0 saturated carbocycles. The minimum absolute atomic E-state index is 0.171. The molecule has 0 bridgehead atoms. The summed E-state index contributed by atoms with van der Waals surface area (Å²) in [5.41, 5.74) is 0.552. The minimum atomic E-state index is -3.47. The first-order chi connectivity index (χ1) is 12.9. The van der Waals surface area contributed by atoms with E-state index in [9.17, 15) is 13.2 Å². The summed E-state index contributed by atoms with van der Waals surface area (Å²) in [6.07, 6.45) is 0. The van der Waals surface area contributed by atoms with Crippen molar-refractivity contribution in [1.29, 1.82) is 0 Å². The van der Waals surface area contributed by atoms with Gasteiger partial charge >= 0.3 is 0 Å². The highest BCUT2D eigenvalue weighted by Crippen LogP contribution is 2.21. The van der Waals surface area contributed by atoms with Gasteiger partial charge < -0.3 is 14.2 Å². The maximum Gasteiger partial charge on any atom is 0.289 e. The molecule has 6 nitrogen and oxygen atoms in total. The van der Waals surface area contributed by atoms with Gasteiger partial charge in [0.15, 0.2) is 15.6 Å². The van der Waals surface area contributed by atoms with E-state index in [0.717, 1.165) is 19.6 Å². The van der Waals surface area contributed by atoms with E-state index in [0.29, 0.717) is 23.7 Å². The molecular formula is C19H23ClN2O4S. The topological polar surface area (TPSA) is 70.8 Å². The van der Waals surface area contributed by atoms with Crippen molar-refractivity contribution in [2.24, 2.45) is 0 Å². The molecule has 1 aromatic heterocycles. The van der Waals surface area contributed by atoms with Crippen LogP contribution in [0.1, 0.15) is 28.8 Å². The Bertz CT molecular complexity index is 902. The molecule has 1 aliphatic rings. The highest BCUT2D eigenvalue weighted by Gasteiger charge is 2.24. The Kier molecular flexibility index (Phi) is 6.24. The summed E-state index contributed by atoms with van der Waals surface area (Å²) in [5.74, 6) is -0.189. The van der Waals surface area contributed by atoms with Gasteiger partial charge in [0.2, 0.25) is 0 Å². The normalized spacial score (nSPS) is 15.9. The smallest absolute Gasteiger partial charge is 0.289 e. The number of hydrogen-bond acceptors (Lipinski definition) is 5. The number of benzene rings is 1. The van der Waals surface area contributed by atoms with Gasteiger partial charge in [-0.25, -0.2) is 8.42 Å². The molecule has 1 fully saturated rings. The van der Waals surface area contributed by atoms with Crippen LogP contribution in [0.4, 0.5) is 0 Å². The molecular weight excluding hydrogens is 388 g/mol. The first kappa shape index (κ1) is 19.9. The molecule has 0 atom stereocenters. The zero-order chi connectivity index (χ0) is 19.4. The summed E-state index contributed by atoms with van der Waals surface area (Å²) in [6.45, 7) is 6.03. The van der Waals surface area contributed by atoms with E-state index in [-0.39, 0.29) is 28.9 Å². The van der Waals surface area contributed by atoms with Crippen molar-refractivity contribution in [2.75, 3.05) is 32.7 Å². The van der Waals surface area contributed by atoms with Crippen LogP contribution in [0.3, 0.4) is 0 Å². The van der Waals surface area contributed by atoms with E-state index in [1.807, 2.05) is 0 Å². The van der Waals surface area contributed by atoms with Crippen molar-refractivity contribution in [2.45, 2.75) is 18.4 Å². The second-order valence-corrected chi connectivity index (χ2v) is 9.09. The number of hydrogen-bond donors (Lipinski definition) is 0.